The molecule has 0 N–H and O–H groups in total. The van der Waals surface area contributed by atoms with Crippen molar-refractivity contribution in [1.82, 2.24) is 14.7 Å². The Kier molecular flexibility index (Phi) is 9.40. The molecule has 1 atom stereocenters. The second kappa shape index (κ2) is 13.4. The highest BCUT2D eigenvalue weighted by Gasteiger charge is 2.38. The quantitative estimate of drug-likeness (QED) is 0.330. The maximum atomic E-state index is 13.5. The van der Waals surface area contributed by atoms with Crippen molar-refractivity contribution in [3.05, 3.63) is 118 Å². The molecule has 0 radical (unpaired) electrons. The first-order chi connectivity index (χ1) is 20.4. The first-order valence-corrected chi connectivity index (χ1v) is 14.8. The van der Waals surface area contributed by atoms with E-state index in [1.54, 1.807) is 26.0 Å². The fourth-order valence-electron chi connectivity index (χ4n) is 6.01. The molecule has 7 nitrogen and oxygen atoms in total. The Labute approximate surface area is 252 Å². The third kappa shape index (κ3) is 6.42. The Balaban J connectivity index is 1.31. The predicted molar refractivity (Wildman–Crippen MR) is 163 cm³/mol. The van der Waals surface area contributed by atoms with Crippen LogP contribution in [0.3, 0.4) is 0 Å². The number of hydrogen-bond acceptors (Lipinski definition) is 5. The zero-order valence-electron chi connectivity index (χ0n) is 24.0. The van der Waals surface area contributed by atoms with Gasteiger partial charge in [-0.3, -0.25) is 14.5 Å². The van der Waals surface area contributed by atoms with E-state index < -0.39 is 11.9 Å². The lowest BCUT2D eigenvalue weighted by molar-refractivity contribution is -0.143. The third-order valence-corrected chi connectivity index (χ3v) is 8.40. The van der Waals surface area contributed by atoms with Gasteiger partial charge in [0.2, 0.25) is 11.8 Å². The van der Waals surface area contributed by atoms with Gasteiger partial charge in [0.25, 0.3) is 0 Å². The number of allylic oxidation sites excluding steroid dienone is 1. The molecule has 0 aliphatic carbocycles. The van der Waals surface area contributed by atoms with E-state index in [4.69, 9.17) is 16.3 Å². The molecule has 8 heteroatoms. The van der Waals surface area contributed by atoms with Gasteiger partial charge in [0.1, 0.15) is 6.54 Å². The Bertz CT molecular complexity index is 1400. The average Bonchev–Trinajstić information content (AvgIpc) is 3.01. The standard InChI is InChI=1S/C34H36ClN3O4/c1-3-42-34(41)32-24(2)38(30(39)22-29(32)25-14-16-28(35)17-15-25)23-31(40)36-18-20-37(21-19-36)33(26-10-6-4-7-11-26)27-12-8-5-9-13-27/h4-17,29,33H,3,18-23H2,1-2H3. The van der Waals surface area contributed by atoms with Crippen LogP contribution in [-0.4, -0.2) is 71.8 Å². The van der Waals surface area contributed by atoms with Crippen molar-refractivity contribution >= 4 is 29.4 Å². The second-order valence-corrected chi connectivity index (χ2v) is 11.1. The van der Waals surface area contributed by atoms with E-state index in [1.807, 2.05) is 29.2 Å². The lowest BCUT2D eigenvalue weighted by Crippen LogP contribution is -2.53. The SMILES string of the molecule is CCOC(=O)C1=C(C)N(CC(=O)N2CCN(C(c3ccccc3)c3ccccc3)CC2)C(=O)CC1c1ccc(Cl)cc1. The first kappa shape index (κ1) is 29.5. The van der Waals surface area contributed by atoms with E-state index in [0.717, 1.165) is 5.56 Å². The lowest BCUT2D eigenvalue weighted by atomic mass is 9.83. The molecule has 3 aromatic rings. The van der Waals surface area contributed by atoms with Crippen LogP contribution in [0.25, 0.3) is 0 Å². The van der Waals surface area contributed by atoms with E-state index in [9.17, 15) is 14.4 Å². The van der Waals surface area contributed by atoms with Crippen LogP contribution in [0.1, 0.15) is 48.9 Å². The largest absolute Gasteiger partial charge is 0.463 e. The third-order valence-electron chi connectivity index (χ3n) is 8.15. The molecular formula is C34H36ClN3O4. The van der Waals surface area contributed by atoms with Crippen molar-refractivity contribution in [3.63, 3.8) is 0 Å². The van der Waals surface area contributed by atoms with Gasteiger partial charge in [0, 0.05) is 49.2 Å². The predicted octanol–water partition coefficient (Wildman–Crippen LogP) is 5.43. The van der Waals surface area contributed by atoms with Crippen LogP contribution in [0.4, 0.5) is 0 Å². The molecule has 2 heterocycles. The minimum atomic E-state index is -0.471. The van der Waals surface area contributed by atoms with Crippen LogP contribution in [0, 0.1) is 0 Å². The van der Waals surface area contributed by atoms with Gasteiger partial charge in [-0.1, -0.05) is 84.4 Å². The maximum Gasteiger partial charge on any atom is 0.336 e. The summed E-state index contributed by atoms with van der Waals surface area (Å²) in [7, 11) is 0. The van der Waals surface area contributed by atoms with Crippen LogP contribution < -0.4 is 0 Å². The fraction of sp³-hybridized carbons (Fsp3) is 0.324. The molecule has 1 fully saturated rings. The molecule has 0 aromatic heterocycles. The Morgan fingerprint density at radius 3 is 2.00 bits per heavy atom. The van der Waals surface area contributed by atoms with E-state index in [-0.39, 0.29) is 37.4 Å². The maximum absolute atomic E-state index is 13.5. The summed E-state index contributed by atoms with van der Waals surface area (Å²) in [5.41, 5.74) is 4.10. The van der Waals surface area contributed by atoms with Gasteiger partial charge in [-0.05, 0) is 42.7 Å². The molecule has 1 saturated heterocycles. The Morgan fingerprint density at radius 2 is 1.45 bits per heavy atom. The summed E-state index contributed by atoms with van der Waals surface area (Å²) in [6, 6.07) is 28.1. The lowest BCUT2D eigenvalue weighted by Gasteiger charge is -2.41. The number of ether oxygens (including phenoxy) is 1. The van der Waals surface area contributed by atoms with E-state index >= 15 is 0 Å². The van der Waals surface area contributed by atoms with Crippen LogP contribution >= 0.6 is 11.6 Å². The minimum absolute atomic E-state index is 0.0734. The van der Waals surface area contributed by atoms with Gasteiger partial charge in [-0.25, -0.2) is 4.79 Å². The molecule has 218 valence electrons. The van der Waals surface area contributed by atoms with Crippen molar-refractivity contribution in [2.75, 3.05) is 39.3 Å². The smallest absolute Gasteiger partial charge is 0.336 e. The number of carbonyl (C=O) groups is 3. The van der Waals surface area contributed by atoms with Gasteiger partial charge in [-0.15, -0.1) is 0 Å². The van der Waals surface area contributed by atoms with Gasteiger partial charge in [0.05, 0.1) is 18.2 Å². The highest BCUT2D eigenvalue weighted by molar-refractivity contribution is 6.30. The highest BCUT2D eigenvalue weighted by Crippen LogP contribution is 2.37. The number of rotatable bonds is 8. The average molecular weight is 586 g/mol. The number of carbonyl (C=O) groups excluding carboxylic acids is 3. The van der Waals surface area contributed by atoms with Gasteiger partial charge >= 0.3 is 5.97 Å². The molecule has 2 aliphatic rings. The number of esters is 1. The van der Waals surface area contributed by atoms with Gasteiger partial charge in [0.15, 0.2) is 0 Å². The van der Waals surface area contributed by atoms with Crippen molar-refractivity contribution in [2.24, 2.45) is 0 Å². The van der Waals surface area contributed by atoms with E-state index in [0.29, 0.717) is 42.5 Å². The van der Waals surface area contributed by atoms with Gasteiger partial charge in [-0.2, -0.15) is 0 Å². The molecule has 3 aromatic carbocycles. The highest BCUT2D eigenvalue weighted by atomic mass is 35.5. The number of hydrogen-bond donors (Lipinski definition) is 0. The summed E-state index contributed by atoms with van der Waals surface area (Å²) in [6.07, 6.45) is 0.0734. The van der Waals surface area contributed by atoms with Crippen LogP contribution in [0.5, 0.6) is 0 Å². The number of halogens is 1. The number of nitrogens with zero attached hydrogens (tertiary/aromatic N) is 3. The Morgan fingerprint density at radius 1 is 0.881 bits per heavy atom. The summed E-state index contributed by atoms with van der Waals surface area (Å²) in [4.78, 5) is 45.7. The van der Waals surface area contributed by atoms with Crippen molar-refractivity contribution in [1.29, 1.82) is 0 Å². The minimum Gasteiger partial charge on any atom is -0.463 e. The Hall–Kier alpha value is -3.94. The summed E-state index contributed by atoms with van der Waals surface area (Å²) in [5.74, 6) is -1.26. The van der Waals surface area contributed by atoms with Gasteiger partial charge < -0.3 is 14.5 Å². The first-order valence-electron chi connectivity index (χ1n) is 14.4. The topological polar surface area (TPSA) is 70.2 Å². The molecule has 5 rings (SSSR count). The zero-order valence-corrected chi connectivity index (χ0v) is 24.8. The molecular weight excluding hydrogens is 550 g/mol. The summed E-state index contributed by atoms with van der Waals surface area (Å²) in [6.45, 7) is 6.10. The monoisotopic (exact) mass is 585 g/mol. The molecule has 2 amide bonds. The fourth-order valence-corrected chi connectivity index (χ4v) is 6.13. The van der Waals surface area contributed by atoms with Crippen molar-refractivity contribution < 1.29 is 19.1 Å². The number of piperazine rings is 1. The zero-order chi connectivity index (χ0) is 29.6. The van der Waals surface area contributed by atoms with Crippen molar-refractivity contribution in [2.45, 2.75) is 32.2 Å². The second-order valence-electron chi connectivity index (χ2n) is 10.6. The molecule has 1 unspecified atom stereocenters. The van der Waals surface area contributed by atoms with E-state index in [1.165, 1.54) is 16.0 Å². The van der Waals surface area contributed by atoms with Crippen LogP contribution in [-0.2, 0) is 19.1 Å². The molecule has 0 bridgehead atoms. The summed E-state index contributed by atoms with van der Waals surface area (Å²) < 4.78 is 5.38. The van der Waals surface area contributed by atoms with Crippen molar-refractivity contribution in [3.8, 4) is 0 Å². The molecule has 42 heavy (non-hydrogen) atoms. The van der Waals surface area contributed by atoms with Crippen LogP contribution in [0.15, 0.2) is 96.2 Å². The normalized spacial score (nSPS) is 18.0. The summed E-state index contributed by atoms with van der Waals surface area (Å²) >= 11 is 6.08. The molecule has 0 saturated carbocycles. The molecule has 0 spiro atoms. The van der Waals surface area contributed by atoms with Crippen LogP contribution in [0.2, 0.25) is 5.02 Å². The number of amides is 2. The summed E-state index contributed by atoms with van der Waals surface area (Å²) in [5, 5.41) is 0.574. The molecule has 2 aliphatic heterocycles. The number of benzene rings is 3. The van der Waals surface area contributed by atoms with E-state index in [2.05, 4.69) is 53.4 Å².